The SMILES string of the molecule is COc1ccc(-n2nnnc2-c2cc(Br)cnc2N)c(F)c1F. The molecule has 0 fully saturated rings. The van der Waals surface area contributed by atoms with E-state index in [2.05, 4.69) is 36.4 Å². The van der Waals surface area contributed by atoms with Gasteiger partial charge in [0.2, 0.25) is 5.82 Å². The zero-order chi connectivity index (χ0) is 16.6. The Labute approximate surface area is 137 Å². The number of hydrogen-bond acceptors (Lipinski definition) is 6. The number of ether oxygens (including phenoxy) is 1. The van der Waals surface area contributed by atoms with E-state index in [1.807, 2.05) is 0 Å². The molecule has 0 bridgehead atoms. The van der Waals surface area contributed by atoms with Crippen LogP contribution in [0.5, 0.6) is 5.75 Å². The molecule has 2 heterocycles. The molecule has 2 N–H and O–H groups in total. The topological polar surface area (TPSA) is 91.7 Å². The molecule has 0 saturated carbocycles. The van der Waals surface area contributed by atoms with Gasteiger partial charge in [-0.05, 0) is 44.6 Å². The van der Waals surface area contributed by atoms with Crippen molar-refractivity contribution in [3.63, 3.8) is 0 Å². The van der Waals surface area contributed by atoms with Crippen LogP contribution in [0.1, 0.15) is 0 Å². The second-order valence-electron chi connectivity index (χ2n) is 4.42. The first-order chi connectivity index (χ1) is 11.0. The molecular formula is C13H9BrF2N6O. The number of hydrogen-bond donors (Lipinski definition) is 1. The van der Waals surface area contributed by atoms with Gasteiger partial charge < -0.3 is 10.5 Å². The number of aromatic nitrogens is 5. The zero-order valence-corrected chi connectivity index (χ0v) is 13.3. The highest BCUT2D eigenvalue weighted by Gasteiger charge is 2.21. The maximum Gasteiger partial charge on any atom is 0.202 e. The van der Waals surface area contributed by atoms with Gasteiger partial charge in [-0.15, -0.1) is 5.10 Å². The number of nitrogens with two attached hydrogens (primary N) is 1. The van der Waals surface area contributed by atoms with Crippen molar-refractivity contribution in [2.75, 3.05) is 12.8 Å². The maximum atomic E-state index is 14.3. The molecule has 0 aliphatic heterocycles. The molecule has 0 radical (unpaired) electrons. The van der Waals surface area contributed by atoms with E-state index < -0.39 is 11.6 Å². The summed E-state index contributed by atoms with van der Waals surface area (Å²) in [6, 6.07) is 4.21. The highest BCUT2D eigenvalue weighted by atomic mass is 79.9. The Balaban J connectivity index is 2.19. The van der Waals surface area contributed by atoms with E-state index in [-0.39, 0.29) is 23.1 Å². The Kier molecular flexibility index (Phi) is 3.90. The third-order valence-electron chi connectivity index (χ3n) is 3.07. The molecule has 0 aliphatic carbocycles. The van der Waals surface area contributed by atoms with E-state index >= 15 is 0 Å². The van der Waals surface area contributed by atoms with Crippen molar-refractivity contribution in [1.82, 2.24) is 25.2 Å². The first-order valence-electron chi connectivity index (χ1n) is 6.25. The molecule has 2 aromatic heterocycles. The van der Waals surface area contributed by atoms with Crippen molar-refractivity contribution in [3.8, 4) is 22.8 Å². The fourth-order valence-corrected chi connectivity index (χ4v) is 2.32. The molecule has 0 saturated heterocycles. The Bertz CT molecular complexity index is 885. The van der Waals surface area contributed by atoms with Crippen LogP contribution in [0.3, 0.4) is 0 Å². The van der Waals surface area contributed by atoms with Gasteiger partial charge >= 0.3 is 0 Å². The molecule has 0 aliphatic rings. The monoisotopic (exact) mass is 382 g/mol. The number of benzene rings is 1. The predicted octanol–water partition coefficient (Wildman–Crippen LogP) is 2.36. The minimum absolute atomic E-state index is 0.125. The average Bonchev–Trinajstić information content (AvgIpc) is 3.01. The van der Waals surface area contributed by atoms with Gasteiger partial charge in [-0.3, -0.25) is 0 Å². The van der Waals surface area contributed by atoms with Gasteiger partial charge in [-0.1, -0.05) is 0 Å². The molecule has 7 nitrogen and oxygen atoms in total. The fourth-order valence-electron chi connectivity index (χ4n) is 1.99. The van der Waals surface area contributed by atoms with Gasteiger partial charge in [0.15, 0.2) is 17.4 Å². The molecule has 3 rings (SSSR count). The molecule has 0 atom stereocenters. The lowest BCUT2D eigenvalue weighted by Gasteiger charge is -2.09. The van der Waals surface area contributed by atoms with Gasteiger partial charge in [0, 0.05) is 10.7 Å². The van der Waals surface area contributed by atoms with Crippen molar-refractivity contribution in [2.24, 2.45) is 0 Å². The lowest BCUT2D eigenvalue weighted by molar-refractivity contribution is 0.371. The Hall–Kier alpha value is -2.62. The van der Waals surface area contributed by atoms with Gasteiger partial charge in [-0.25, -0.2) is 9.37 Å². The van der Waals surface area contributed by atoms with Crippen LogP contribution in [0.2, 0.25) is 0 Å². The van der Waals surface area contributed by atoms with Gasteiger partial charge in [-0.2, -0.15) is 9.07 Å². The average molecular weight is 383 g/mol. The summed E-state index contributed by atoms with van der Waals surface area (Å²) in [5.74, 6) is -2.21. The van der Waals surface area contributed by atoms with Crippen molar-refractivity contribution < 1.29 is 13.5 Å². The van der Waals surface area contributed by atoms with Crippen molar-refractivity contribution in [1.29, 1.82) is 0 Å². The number of tetrazole rings is 1. The highest BCUT2D eigenvalue weighted by Crippen LogP contribution is 2.29. The number of nitrogen functional groups attached to an aromatic ring is 1. The number of pyridine rings is 1. The third-order valence-corrected chi connectivity index (χ3v) is 3.50. The number of methoxy groups -OCH3 is 1. The van der Waals surface area contributed by atoms with Gasteiger partial charge in [0.25, 0.3) is 0 Å². The van der Waals surface area contributed by atoms with E-state index in [1.54, 1.807) is 6.07 Å². The lowest BCUT2D eigenvalue weighted by Crippen LogP contribution is -2.07. The van der Waals surface area contributed by atoms with E-state index in [0.29, 0.717) is 10.0 Å². The van der Waals surface area contributed by atoms with E-state index in [1.165, 1.54) is 25.4 Å². The summed E-state index contributed by atoms with van der Waals surface area (Å²) in [4.78, 5) is 3.97. The Morgan fingerprint density at radius 2 is 2.04 bits per heavy atom. The number of anilines is 1. The van der Waals surface area contributed by atoms with E-state index in [9.17, 15) is 8.78 Å². The smallest absolute Gasteiger partial charge is 0.202 e. The van der Waals surface area contributed by atoms with Crippen LogP contribution in [-0.4, -0.2) is 32.3 Å². The second kappa shape index (κ2) is 5.88. The molecule has 23 heavy (non-hydrogen) atoms. The van der Waals surface area contributed by atoms with Crippen LogP contribution in [0.4, 0.5) is 14.6 Å². The van der Waals surface area contributed by atoms with Crippen LogP contribution in [0.25, 0.3) is 17.1 Å². The summed E-state index contributed by atoms with van der Waals surface area (Å²) in [7, 11) is 1.24. The fraction of sp³-hybridized carbons (Fsp3) is 0.0769. The van der Waals surface area contributed by atoms with Crippen LogP contribution in [-0.2, 0) is 0 Å². The highest BCUT2D eigenvalue weighted by molar-refractivity contribution is 9.10. The molecule has 1 aromatic carbocycles. The Morgan fingerprint density at radius 3 is 2.78 bits per heavy atom. The predicted molar refractivity (Wildman–Crippen MR) is 81.0 cm³/mol. The quantitative estimate of drug-likeness (QED) is 0.747. The minimum atomic E-state index is -1.14. The summed E-state index contributed by atoms with van der Waals surface area (Å²) < 4.78 is 34.6. The van der Waals surface area contributed by atoms with Gasteiger partial charge in [0.05, 0.1) is 12.7 Å². The number of rotatable bonds is 3. The molecule has 0 unspecified atom stereocenters. The summed E-state index contributed by atoms with van der Waals surface area (Å²) in [5, 5.41) is 11.0. The van der Waals surface area contributed by atoms with Crippen LogP contribution < -0.4 is 10.5 Å². The minimum Gasteiger partial charge on any atom is -0.494 e. The van der Waals surface area contributed by atoms with Gasteiger partial charge in [0.1, 0.15) is 11.5 Å². The summed E-state index contributed by atoms with van der Waals surface area (Å²) in [5.41, 5.74) is 6.01. The summed E-state index contributed by atoms with van der Waals surface area (Å²) in [6.07, 6.45) is 1.50. The van der Waals surface area contributed by atoms with E-state index in [4.69, 9.17) is 10.5 Å². The van der Waals surface area contributed by atoms with Crippen molar-refractivity contribution >= 4 is 21.7 Å². The summed E-state index contributed by atoms with van der Waals surface area (Å²) >= 11 is 3.26. The lowest BCUT2D eigenvalue weighted by atomic mass is 10.2. The first kappa shape index (κ1) is 15.3. The number of halogens is 3. The maximum absolute atomic E-state index is 14.3. The Morgan fingerprint density at radius 1 is 1.26 bits per heavy atom. The molecule has 0 spiro atoms. The third kappa shape index (κ3) is 2.61. The second-order valence-corrected chi connectivity index (χ2v) is 5.33. The van der Waals surface area contributed by atoms with Crippen molar-refractivity contribution in [2.45, 2.75) is 0 Å². The molecule has 3 aromatic rings. The molecule has 118 valence electrons. The summed E-state index contributed by atoms with van der Waals surface area (Å²) in [6.45, 7) is 0. The molecule has 10 heteroatoms. The number of nitrogens with zero attached hydrogens (tertiary/aromatic N) is 5. The first-order valence-corrected chi connectivity index (χ1v) is 7.04. The normalized spacial score (nSPS) is 10.8. The largest absolute Gasteiger partial charge is 0.494 e. The zero-order valence-electron chi connectivity index (χ0n) is 11.7. The standard InChI is InChI=1S/C13H9BrF2N6O/c1-23-9-3-2-8(10(15)11(9)16)22-13(19-20-21-22)7-4-6(14)5-18-12(7)17/h2-5H,1H3,(H2,17,18). The van der Waals surface area contributed by atoms with Crippen LogP contribution >= 0.6 is 15.9 Å². The van der Waals surface area contributed by atoms with Crippen LogP contribution in [0.15, 0.2) is 28.9 Å². The molecular weight excluding hydrogens is 374 g/mol. The molecule has 0 amide bonds. The van der Waals surface area contributed by atoms with E-state index in [0.717, 1.165) is 4.68 Å². The van der Waals surface area contributed by atoms with Crippen LogP contribution in [0, 0.1) is 11.6 Å². The van der Waals surface area contributed by atoms with Crippen molar-refractivity contribution in [3.05, 3.63) is 40.5 Å².